The van der Waals surface area contributed by atoms with E-state index in [9.17, 15) is 18.0 Å². The second-order valence-corrected chi connectivity index (χ2v) is 10.3. The van der Waals surface area contributed by atoms with Gasteiger partial charge in [-0.05, 0) is 36.6 Å². The van der Waals surface area contributed by atoms with Gasteiger partial charge in [0.1, 0.15) is 5.82 Å². The Hall–Kier alpha value is -4.26. The number of nitrogens with zero attached hydrogens (tertiary/aromatic N) is 6. The summed E-state index contributed by atoms with van der Waals surface area (Å²) in [6, 6.07) is 11.8. The van der Waals surface area contributed by atoms with Gasteiger partial charge in [-0.15, -0.1) is 0 Å². The largest absolute Gasteiger partial charge is 0.490 e. The number of carbonyl (C=O) groups excluding carboxylic acids is 1. The fraction of sp³-hybridized carbons (Fsp3) is 0.414. The highest BCUT2D eigenvalue weighted by Crippen LogP contribution is 2.39. The lowest BCUT2D eigenvalue weighted by Crippen LogP contribution is -2.37. The van der Waals surface area contributed by atoms with Crippen molar-refractivity contribution in [2.24, 2.45) is 5.92 Å². The maximum absolute atomic E-state index is 13.1. The molecule has 1 aromatic carbocycles. The van der Waals surface area contributed by atoms with Crippen molar-refractivity contribution >= 4 is 29.3 Å². The first-order valence-electron chi connectivity index (χ1n) is 13.5. The molecule has 5 rings (SSSR count). The number of aliphatic carboxylic acids is 1. The number of fused-ring (bicyclic) bond motifs is 1. The predicted molar refractivity (Wildman–Crippen MR) is 151 cm³/mol. The number of anilines is 3. The number of amides is 1. The van der Waals surface area contributed by atoms with Crippen LogP contribution in [0.25, 0.3) is 11.3 Å². The van der Waals surface area contributed by atoms with Crippen molar-refractivity contribution in [1.29, 1.82) is 0 Å². The molecular formula is C29H33F3N6O4. The van der Waals surface area contributed by atoms with E-state index in [-0.39, 0.29) is 5.91 Å². The molecule has 0 radical (unpaired) electrons. The Labute approximate surface area is 241 Å². The van der Waals surface area contributed by atoms with Gasteiger partial charge >= 0.3 is 12.1 Å². The molecular weight excluding hydrogens is 553 g/mol. The van der Waals surface area contributed by atoms with Gasteiger partial charge in [0.25, 0.3) is 5.91 Å². The maximum Gasteiger partial charge on any atom is 0.490 e. The Kier molecular flexibility index (Phi) is 9.61. The summed E-state index contributed by atoms with van der Waals surface area (Å²) in [7, 11) is 1.86. The molecule has 2 aromatic heterocycles. The van der Waals surface area contributed by atoms with Gasteiger partial charge in [-0.1, -0.05) is 26.0 Å². The van der Waals surface area contributed by atoms with E-state index < -0.39 is 12.1 Å². The fourth-order valence-corrected chi connectivity index (χ4v) is 4.80. The van der Waals surface area contributed by atoms with Gasteiger partial charge in [-0.3, -0.25) is 9.78 Å². The third-order valence-electron chi connectivity index (χ3n) is 6.68. The molecule has 0 spiro atoms. The summed E-state index contributed by atoms with van der Waals surface area (Å²) in [6.07, 6.45) is -0.604. The molecule has 0 bridgehead atoms. The maximum atomic E-state index is 13.1. The Morgan fingerprint density at radius 1 is 1.10 bits per heavy atom. The lowest BCUT2D eigenvalue weighted by Gasteiger charge is -2.28. The van der Waals surface area contributed by atoms with Crippen molar-refractivity contribution < 1.29 is 32.6 Å². The van der Waals surface area contributed by atoms with Crippen molar-refractivity contribution in [2.75, 3.05) is 56.2 Å². The molecule has 13 heteroatoms. The molecule has 0 unspecified atom stereocenters. The number of halogens is 3. The van der Waals surface area contributed by atoms with Gasteiger partial charge in [0.15, 0.2) is 0 Å². The second-order valence-electron chi connectivity index (χ2n) is 10.3. The average molecular weight is 587 g/mol. The van der Waals surface area contributed by atoms with E-state index in [0.29, 0.717) is 37.2 Å². The van der Waals surface area contributed by atoms with Crippen LogP contribution < -0.4 is 9.80 Å². The van der Waals surface area contributed by atoms with E-state index in [1.807, 2.05) is 43.6 Å². The van der Waals surface area contributed by atoms with Gasteiger partial charge in [0, 0.05) is 56.1 Å². The number of carboxylic acids is 1. The normalized spacial score (nSPS) is 14.7. The molecule has 0 atom stereocenters. The van der Waals surface area contributed by atoms with Crippen LogP contribution in [-0.4, -0.2) is 89.5 Å². The van der Waals surface area contributed by atoms with E-state index in [0.717, 1.165) is 54.4 Å². The number of alkyl halides is 3. The number of morpholine rings is 1. The predicted octanol–water partition coefficient (Wildman–Crippen LogP) is 4.43. The summed E-state index contributed by atoms with van der Waals surface area (Å²) in [5.74, 6) is -0.708. The molecule has 2 aliphatic rings. The van der Waals surface area contributed by atoms with Crippen LogP contribution in [0.1, 0.15) is 29.8 Å². The number of aromatic nitrogens is 3. The van der Waals surface area contributed by atoms with Gasteiger partial charge in [0.05, 0.1) is 30.8 Å². The quantitative estimate of drug-likeness (QED) is 0.448. The smallest absolute Gasteiger partial charge is 0.475 e. The highest BCUT2D eigenvalue weighted by Gasteiger charge is 2.38. The Morgan fingerprint density at radius 3 is 2.43 bits per heavy atom. The Balaban J connectivity index is 0.000000517. The van der Waals surface area contributed by atoms with Crippen LogP contribution in [0.5, 0.6) is 0 Å². The number of hydrogen-bond donors (Lipinski definition) is 1. The lowest BCUT2D eigenvalue weighted by molar-refractivity contribution is -0.192. The van der Waals surface area contributed by atoms with E-state index in [1.54, 1.807) is 11.1 Å². The second kappa shape index (κ2) is 13.1. The summed E-state index contributed by atoms with van der Waals surface area (Å²) < 4.78 is 37.3. The zero-order valence-electron chi connectivity index (χ0n) is 23.6. The fourth-order valence-electron chi connectivity index (χ4n) is 4.80. The number of ether oxygens (including phenoxy) is 1. The van der Waals surface area contributed by atoms with Crippen molar-refractivity contribution in [3.8, 4) is 11.3 Å². The van der Waals surface area contributed by atoms with E-state index in [2.05, 4.69) is 34.7 Å². The van der Waals surface area contributed by atoms with Crippen LogP contribution in [0.3, 0.4) is 0 Å². The molecule has 1 N–H and O–H groups in total. The number of carbonyl (C=O) groups is 2. The third kappa shape index (κ3) is 7.32. The van der Waals surface area contributed by atoms with Crippen molar-refractivity contribution in [1.82, 2.24) is 19.9 Å². The van der Waals surface area contributed by atoms with Crippen LogP contribution >= 0.6 is 0 Å². The minimum absolute atomic E-state index is 0.0247. The molecule has 1 amide bonds. The highest BCUT2D eigenvalue weighted by molar-refractivity contribution is 5.95. The van der Waals surface area contributed by atoms with Gasteiger partial charge in [-0.25, -0.2) is 9.78 Å². The summed E-state index contributed by atoms with van der Waals surface area (Å²) in [6.45, 7) is 8.59. The van der Waals surface area contributed by atoms with Crippen LogP contribution in [0.15, 0.2) is 48.8 Å². The molecule has 1 fully saturated rings. The zero-order valence-corrected chi connectivity index (χ0v) is 23.6. The van der Waals surface area contributed by atoms with Crippen molar-refractivity contribution in [3.05, 3.63) is 59.9 Å². The van der Waals surface area contributed by atoms with E-state index >= 15 is 0 Å². The number of rotatable bonds is 6. The number of carboxylic acid groups (broad SMARTS) is 1. The standard InChI is InChI=1S/C27H32N6O2.C2HF3O2/c1-19(2)18-31(3)26(34)21-7-4-6-20(16-21)24-23-9-11-33(22-8-5-10-28-17-22)25(23)30-27(29-24)32-12-14-35-15-13-32;3-2(4,5)1(6)7/h4-8,10,16-17,19H,9,11-15,18H2,1-3H3;(H,6,7). The highest BCUT2D eigenvalue weighted by atomic mass is 19.4. The molecule has 0 saturated carbocycles. The summed E-state index contributed by atoms with van der Waals surface area (Å²) in [4.78, 5) is 42.6. The van der Waals surface area contributed by atoms with Gasteiger partial charge in [-0.2, -0.15) is 18.2 Å². The van der Waals surface area contributed by atoms with Gasteiger partial charge < -0.3 is 24.5 Å². The molecule has 1 saturated heterocycles. The molecule has 224 valence electrons. The van der Waals surface area contributed by atoms with Crippen molar-refractivity contribution in [3.63, 3.8) is 0 Å². The number of hydrogen-bond acceptors (Lipinski definition) is 8. The summed E-state index contributed by atoms with van der Waals surface area (Å²) in [5.41, 5.74) is 4.63. The molecule has 4 heterocycles. The zero-order chi connectivity index (χ0) is 30.4. The first-order valence-corrected chi connectivity index (χ1v) is 13.5. The lowest BCUT2D eigenvalue weighted by atomic mass is 10.0. The number of benzene rings is 1. The SMILES string of the molecule is CC(C)CN(C)C(=O)c1cccc(-c2nc(N3CCOCC3)nc3c2CCN3c2cccnc2)c1.O=C(O)C(F)(F)F. The molecule has 10 nitrogen and oxygen atoms in total. The molecule has 2 aliphatic heterocycles. The summed E-state index contributed by atoms with van der Waals surface area (Å²) in [5, 5.41) is 7.12. The topological polar surface area (TPSA) is 112 Å². The monoisotopic (exact) mass is 586 g/mol. The van der Waals surface area contributed by atoms with Crippen LogP contribution in [-0.2, 0) is 16.0 Å². The molecule has 0 aliphatic carbocycles. The van der Waals surface area contributed by atoms with Crippen LogP contribution in [0, 0.1) is 5.92 Å². The van der Waals surface area contributed by atoms with Gasteiger partial charge in [0.2, 0.25) is 5.95 Å². The molecule has 3 aromatic rings. The summed E-state index contributed by atoms with van der Waals surface area (Å²) >= 11 is 0. The Morgan fingerprint density at radius 2 is 1.81 bits per heavy atom. The van der Waals surface area contributed by atoms with Crippen LogP contribution in [0.4, 0.5) is 30.6 Å². The van der Waals surface area contributed by atoms with Crippen molar-refractivity contribution in [2.45, 2.75) is 26.4 Å². The number of pyridine rings is 1. The third-order valence-corrected chi connectivity index (χ3v) is 6.68. The minimum Gasteiger partial charge on any atom is -0.475 e. The Bertz CT molecular complexity index is 1400. The molecule has 42 heavy (non-hydrogen) atoms. The van der Waals surface area contributed by atoms with E-state index in [1.165, 1.54) is 0 Å². The first kappa shape index (κ1) is 30.7. The van der Waals surface area contributed by atoms with E-state index in [4.69, 9.17) is 24.6 Å². The van der Waals surface area contributed by atoms with Crippen LogP contribution in [0.2, 0.25) is 0 Å². The average Bonchev–Trinajstić information content (AvgIpc) is 3.41. The first-order chi connectivity index (χ1) is 20.0. The minimum atomic E-state index is -5.08.